The molecule has 0 bridgehead atoms. The van der Waals surface area contributed by atoms with Gasteiger partial charge in [0.1, 0.15) is 16.8 Å². The Morgan fingerprint density at radius 2 is 1.82 bits per heavy atom. The van der Waals surface area contributed by atoms with Gasteiger partial charge in [0.25, 0.3) is 5.91 Å². The maximum atomic E-state index is 15.9. The maximum absolute atomic E-state index is 15.9. The molecule has 236 valence electrons. The second-order valence-corrected chi connectivity index (χ2v) is 13.1. The highest BCUT2D eigenvalue weighted by Gasteiger charge is 2.29. The number of hydrogen-bond donors (Lipinski definition) is 2. The number of benzene rings is 3. The number of rotatable bonds is 9. The zero-order valence-corrected chi connectivity index (χ0v) is 26.2. The van der Waals surface area contributed by atoms with E-state index in [9.17, 15) is 9.59 Å². The molecule has 3 aromatic carbocycles. The van der Waals surface area contributed by atoms with Gasteiger partial charge in [-0.3, -0.25) is 9.59 Å². The lowest BCUT2D eigenvalue weighted by Gasteiger charge is -2.30. The van der Waals surface area contributed by atoms with Crippen LogP contribution in [-0.2, 0) is 0 Å². The van der Waals surface area contributed by atoms with Crippen LogP contribution in [0.15, 0.2) is 53.5 Å². The quantitative estimate of drug-likeness (QED) is 0.195. The standard InChI is InChI=1S/C36H42FN5O3/c1-23-11-17-41(18-12-23)16-6-13-38-32-29(37)21-27-33-35(32)45-31-20-25-8-4-3-7-24(25)19-30(31)42(33)22-28(34(27)43)36(44)39-14-10-26-9-5-15-40(26)2/h3-4,7-8,19-23,26,38H,5-6,9-18H2,1-2H3,(H,39,44). The van der Waals surface area contributed by atoms with E-state index in [-0.39, 0.29) is 22.4 Å². The van der Waals surface area contributed by atoms with E-state index < -0.39 is 17.2 Å². The van der Waals surface area contributed by atoms with Crippen LogP contribution in [0.2, 0.25) is 0 Å². The lowest BCUT2D eigenvalue weighted by molar-refractivity contribution is 0.0949. The summed E-state index contributed by atoms with van der Waals surface area (Å²) in [4.78, 5) is 32.0. The number of nitrogens with one attached hydrogen (secondary N) is 2. The molecule has 1 atom stereocenters. The molecule has 1 aromatic heterocycles. The van der Waals surface area contributed by atoms with E-state index >= 15 is 4.39 Å². The molecule has 4 aromatic rings. The van der Waals surface area contributed by atoms with E-state index in [0.29, 0.717) is 36.1 Å². The number of pyridine rings is 1. The van der Waals surface area contributed by atoms with Gasteiger partial charge in [0, 0.05) is 25.3 Å². The number of piperidine rings is 1. The van der Waals surface area contributed by atoms with E-state index in [0.717, 1.165) is 68.6 Å². The summed E-state index contributed by atoms with van der Waals surface area (Å²) in [5, 5.41) is 8.35. The van der Waals surface area contributed by atoms with Crippen molar-refractivity contribution in [3.8, 4) is 17.2 Å². The van der Waals surface area contributed by atoms with Gasteiger partial charge < -0.3 is 29.7 Å². The summed E-state index contributed by atoms with van der Waals surface area (Å²) in [7, 11) is 2.10. The number of fused-ring (bicyclic) bond motifs is 3. The Morgan fingerprint density at radius 3 is 2.58 bits per heavy atom. The fourth-order valence-corrected chi connectivity index (χ4v) is 7.22. The van der Waals surface area contributed by atoms with Crippen LogP contribution in [0.5, 0.6) is 11.5 Å². The minimum atomic E-state index is -0.570. The number of hydrogen-bond acceptors (Lipinski definition) is 6. The Hall–Kier alpha value is -3.95. The van der Waals surface area contributed by atoms with E-state index in [4.69, 9.17) is 4.74 Å². The fourth-order valence-electron chi connectivity index (χ4n) is 7.22. The minimum absolute atomic E-state index is 0.00908. The van der Waals surface area contributed by atoms with E-state index in [1.807, 2.05) is 41.0 Å². The molecule has 8 nitrogen and oxygen atoms in total. The highest BCUT2D eigenvalue weighted by Crippen LogP contribution is 2.46. The highest BCUT2D eigenvalue weighted by molar-refractivity contribution is 6.02. The van der Waals surface area contributed by atoms with Crippen molar-refractivity contribution in [2.75, 3.05) is 51.6 Å². The lowest BCUT2D eigenvalue weighted by atomic mass is 9.99. The molecule has 2 N–H and O–H groups in total. The molecule has 0 aliphatic carbocycles. The molecule has 2 fully saturated rings. The van der Waals surface area contributed by atoms with Gasteiger partial charge in [0.15, 0.2) is 17.3 Å². The van der Waals surface area contributed by atoms with Crippen LogP contribution in [-0.4, -0.2) is 72.6 Å². The Balaban J connectivity index is 1.23. The fraction of sp³-hybridized carbons (Fsp3) is 0.444. The smallest absolute Gasteiger partial charge is 0.256 e. The summed E-state index contributed by atoms with van der Waals surface area (Å²) < 4.78 is 24.2. The normalized spacial score (nSPS) is 18.7. The molecular formula is C36H42FN5O3. The third-order valence-corrected chi connectivity index (χ3v) is 10.0. The van der Waals surface area contributed by atoms with Crippen molar-refractivity contribution in [3.63, 3.8) is 0 Å². The monoisotopic (exact) mass is 611 g/mol. The van der Waals surface area contributed by atoms with Gasteiger partial charge in [0.2, 0.25) is 5.43 Å². The van der Waals surface area contributed by atoms with Crippen LogP contribution in [0.25, 0.3) is 27.4 Å². The molecule has 1 unspecified atom stereocenters. The second kappa shape index (κ2) is 12.4. The minimum Gasteiger partial charge on any atom is -0.451 e. The third-order valence-electron chi connectivity index (χ3n) is 10.0. The van der Waals surface area contributed by atoms with Crippen molar-refractivity contribution < 1.29 is 13.9 Å². The first-order valence-corrected chi connectivity index (χ1v) is 16.4. The van der Waals surface area contributed by atoms with Crippen LogP contribution in [0.4, 0.5) is 10.1 Å². The van der Waals surface area contributed by atoms with Crippen LogP contribution in [0, 0.1) is 11.7 Å². The zero-order chi connectivity index (χ0) is 31.1. The number of likely N-dealkylation sites (tertiary alicyclic amines) is 2. The van der Waals surface area contributed by atoms with Crippen molar-refractivity contribution in [2.24, 2.45) is 5.92 Å². The average Bonchev–Trinajstić information content (AvgIpc) is 3.45. The van der Waals surface area contributed by atoms with Crippen molar-refractivity contribution in [1.29, 1.82) is 0 Å². The Morgan fingerprint density at radius 1 is 1.04 bits per heavy atom. The number of aromatic nitrogens is 1. The van der Waals surface area contributed by atoms with Crippen molar-refractivity contribution in [1.82, 2.24) is 19.7 Å². The molecule has 0 spiro atoms. The largest absolute Gasteiger partial charge is 0.451 e. The Labute approximate surface area is 263 Å². The highest BCUT2D eigenvalue weighted by atomic mass is 19.1. The predicted octanol–water partition coefficient (Wildman–Crippen LogP) is 6.14. The molecule has 0 radical (unpaired) electrons. The van der Waals surface area contributed by atoms with E-state index in [1.165, 1.54) is 18.9 Å². The number of carbonyl (C=O) groups is 1. The predicted molar refractivity (Wildman–Crippen MR) is 178 cm³/mol. The van der Waals surface area contributed by atoms with Crippen molar-refractivity contribution in [2.45, 2.75) is 51.5 Å². The van der Waals surface area contributed by atoms with Crippen molar-refractivity contribution in [3.05, 3.63) is 70.3 Å². The van der Waals surface area contributed by atoms with Gasteiger partial charge in [-0.1, -0.05) is 31.2 Å². The number of anilines is 1. The lowest BCUT2D eigenvalue weighted by Crippen LogP contribution is -2.34. The molecule has 9 heteroatoms. The van der Waals surface area contributed by atoms with Crippen LogP contribution < -0.4 is 20.8 Å². The Bertz CT molecular complexity index is 1810. The molecule has 2 saturated heterocycles. The van der Waals surface area contributed by atoms with Gasteiger partial charge in [-0.2, -0.15) is 0 Å². The number of halogens is 1. The summed E-state index contributed by atoms with van der Waals surface area (Å²) in [5.74, 6) is 0.570. The van der Waals surface area contributed by atoms with E-state index in [2.05, 4.69) is 34.4 Å². The summed E-state index contributed by atoms with van der Waals surface area (Å²) in [6, 6.07) is 13.5. The van der Waals surface area contributed by atoms with Gasteiger partial charge in [-0.25, -0.2) is 4.39 Å². The molecular weight excluding hydrogens is 569 g/mol. The third kappa shape index (κ3) is 5.79. The van der Waals surface area contributed by atoms with Gasteiger partial charge in [-0.15, -0.1) is 0 Å². The second-order valence-electron chi connectivity index (χ2n) is 13.1. The first-order valence-electron chi connectivity index (χ1n) is 16.4. The number of nitrogens with zero attached hydrogens (tertiary/aromatic N) is 3. The SMILES string of the molecule is CC1CCN(CCCNc2c(F)cc3c(=O)c(C(=O)NCCC4CCCN4C)cn4c3c2Oc2cc3ccccc3cc2-4)CC1. The first kappa shape index (κ1) is 29.7. The molecule has 3 aliphatic heterocycles. The summed E-state index contributed by atoms with van der Waals surface area (Å²) in [5.41, 5.74) is 0.881. The summed E-state index contributed by atoms with van der Waals surface area (Å²) in [6.45, 7) is 7.55. The van der Waals surface area contributed by atoms with Gasteiger partial charge in [-0.05, 0) is 107 Å². The molecule has 45 heavy (non-hydrogen) atoms. The van der Waals surface area contributed by atoms with Crippen LogP contribution >= 0.6 is 0 Å². The topological polar surface area (TPSA) is 78.8 Å². The summed E-state index contributed by atoms with van der Waals surface area (Å²) in [6.07, 6.45) is 7.97. The molecule has 7 rings (SSSR count). The first-order chi connectivity index (χ1) is 21.9. The Kier molecular flexibility index (Phi) is 8.23. The molecule has 1 amide bonds. The van der Waals surface area contributed by atoms with Crippen LogP contribution in [0.1, 0.15) is 55.8 Å². The van der Waals surface area contributed by atoms with Crippen molar-refractivity contribution >= 4 is 33.3 Å². The maximum Gasteiger partial charge on any atom is 0.256 e. The molecule has 3 aliphatic rings. The number of amides is 1. The number of carbonyl (C=O) groups excluding carboxylic acids is 1. The van der Waals surface area contributed by atoms with E-state index in [1.54, 1.807) is 6.20 Å². The average molecular weight is 612 g/mol. The molecule has 4 heterocycles. The van der Waals surface area contributed by atoms with Gasteiger partial charge in [0.05, 0.1) is 11.1 Å². The summed E-state index contributed by atoms with van der Waals surface area (Å²) >= 11 is 0. The zero-order valence-electron chi connectivity index (χ0n) is 26.2. The molecule has 0 saturated carbocycles. The number of ether oxygens (including phenoxy) is 1. The van der Waals surface area contributed by atoms with Crippen LogP contribution in [0.3, 0.4) is 0 Å². The van der Waals surface area contributed by atoms with Gasteiger partial charge >= 0.3 is 0 Å².